The van der Waals surface area contributed by atoms with Gasteiger partial charge in [-0.15, -0.1) is 0 Å². The number of hydrogen-bond donors (Lipinski definition) is 2. The highest BCUT2D eigenvalue weighted by Gasteiger charge is 2.15. The van der Waals surface area contributed by atoms with Gasteiger partial charge in [-0.25, -0.2) is 0 Å². The second-order valence-electron chi connectivity index (χ2n) is 12.6. The molecule has 0 bridgehead atoms. The highest BCUT2D eigenvalue weighted by Crippen LogP contribution is 2.36. The van der Waals surface area contributed by atoms with Crippen LogP contribution in [0.15, 0.2) is 84.9 Å². The van der Waals surface area contributed by atoms with E-state index in [4.69, 9.17) is 18.9 Å². The Labute approximate surface area is 274 Å². The molecule has 0 aromatic heterocycles. The van der Waals surface area contributed by atoms with Crippen molar-refractivity contribution in [3.63, 3.8) is 0 Å². The van der Waals surface area contributed by atoms with E-state index in [2.05, 4.69) is 109 Å². The Morgan fingerprint density at radius 3 is 1.28 bits per heavy atom. The molecular formula is C40H48N2O4. The fraction of sp³-hybridized carbons (Fsp3) is 0.400. The summed E-state index contributed by atoms with van der Waals surface area (Å²) in [6.07, 6.45) is 4.36. The van der Waals surface area contributed by atoms with Gasteiger partial charge in [-0.05, 0) is 96.2 Å². The van der Waals surface area contributed by atoms with Crippen molar-refractivity contribution < 1.29 is 18.9 Å². The second kappa shape index (κ2) is 16.2. The molecule has 46 heavy (non-hydrogen) atoms. The molecule has 0 aliphatic carbocycles. The normalized spacial score (nSPS) is 16.0. The molecule has 0 spiro atoms. The van der Waals surface area contributed by atoms with Crippen LogP contribution in [0.5, 0.6) is 11.5 Å². The third kappa shape index (κ3) is 8.77. The summed E-state index contributed by atoms with van der Waals surface area (Å²) in [6, 6.07) is 31.2. The van der Waals surface area contributed by atoms with Gasteiger partial charge in [-0.2, -0.15) is 0 Å². The molecule has 242 valence electrons. The number of hydrogen-bond acceptors (Lipinski definition) is 6. The molecule has 2 aliphatic heterocycles. The molecule has 2 fully saturated rings. The average Bonchev–Trinajstić information content (AvgIpc) is 3.11. The summed E-state index contributed by atoms with van der Waals surface area (Å²) >= 11 is 0. The summed E-state index contributed by atoms with van der Waals surface area (Å²) in [5, 5.41) is 7.32. The predicted molar refractivity (Wildman–Crippen MR) is 184 cm³/mol. The Hall–Kier alpha value is -3.68. The zero-order valence-corrected chi connectivity index (χ0v) is 27.4. The lowest BCUT2D eigenvalue weighted by Crippen LogP contribution is -2.34. The maximum Gasteiger partial charge on any atom is 0.123 e. The minimum atomic E-state index is 0.532. The average molecular weight is 621 g/mol. The van der Waals surface area contributed by atoms with E-state index in [1.54, 1.807) is 0 Å². The van der Waals surface area contributed by atoms with Crippen molar-refractivity contribution in [3.8, 4) is 22.6 Å². The zero-order chi connectivity index (χ0) is 31.6. The van der Waals surface area contributed by atoms with Crippen LogP contribution >= 0.6 is 0 Å². The third-order valence-electron chi connectivity index (χ3n) is 9.33. The van der Waals surface area contributed by atoms with E-state index in [1.807, 2.05) is 0 Å². The maximum absolute atomic E-state index is 6.35. The lowest BCUT2D eigenvalue weighted by molar-refractivity contribution is 0.0775. The molecule has 6 heteroatoms. The summed E-state index contributed by atoms with van der Waals surface area (Å²) in [5.74, 6) is 1.81. The molecule has 2 heterocycles. The Morgan fingerprint density at radius 1 is 0.522 bits per heavy atom. The number of nitrogens with one attached hydrogen (secondary N) is 2. The Bertz CT molecular complexity index is 1410. The van der Waals surface area contributed by atoms with Gasteiger partial charge in [0.2, 0.25) is 0 Å². The third-order valence-corrected chi connectivity index (χ3v) is 9.33. The topological polar surface area (TPSA) is 61.0 Å². The molecule has 2 aliphatic rings. The van der Waals surface area contributed by atoms with Crippen molar-refractivity contribution in [2.75, 3.05) is 26.4 Å². The second-order valence-corrected chi connectivity index (χ2v) is 12.6. The predicted octanol–water partition coefficient (Wildman–Crippen LogP) is 7.67. The Morgan fingerprint density at radius 2 is 0.891 bits per heavy atom. The van der Waals surface area contributed by atoms with E-state index in [0.717, 1.165) is 110 Å². The summed E-state index contributed by atoms with van der Waals surface area (Å²) in [6.45, 7) is 10.6. The molecule has 0 atom stereocenters. The summed E-state index contributed by atoms with van der Waals surface area (Å²) < 4.78 is 23.6. The van der Waals surface area contributed by atoms with Crippen molar-refractivity contribution in [1.82, 2.24) is 10.6 Å². The molecule has 6 nitrogen and oxygen atoms in total. The van der Waals surface area contributed by atoms with Gasteiger partial charge in [-0.1, -0.05) is 72.8 Å². The largest absolute Gasteiger partial charge is 0.489 e. The molecule has 0 amide bonds. The first-order chi connectivity index (χ1) is 22.6. The van der Waals surface area contributed by atoms with Gasteiger partial charge in [0.05, 0.1) is 0 Å². The van der Waals surface area contributed by atoms with Crippen molar-refractivity contribution in [2.24, 2.45) is 0 Å². The molecule has 0 saturated carbocycles. The van der Waals surface area contributed by atoms with Crippen LogP contribution in [0.3, 0.4) is 0 Å². The summed E-state index contributed by atoms with van der Waals surface area (Å²) in [7, 11) is 0. The van der Waals surface area contributed by atoms with Crippen molar-refractivity contribution in [1.29, 1.82) is 0 Å². The Kier molecular flexibility index (Phi) is 11.4. The molecule has 0 radical (unpaired) electrons. The van der Waals surface area contributed by atoms with Gasteiger partial charge in [-0.3, -0.25) is 0 Å². The minimum absolute atomic E-state index is 0.532. The SMILES string of the molecule is Cc1c(OCc2ccc(CNC3CCOCC3)cc2)cccc1-c1cccc(OCc2ccc(CNC3CCOCC3)cc2)c1C. The fourth-order valence-corrected chi connectivity index (χ4v) is 6.28. The van der Waals surface area contributed by atoms with Crippen molar-refractivity contribution >= 4 is 0 Å². The molecule has 0 unspecified atom stereocenters. The quantitative estimate of drug-likeness (QED) is 0.160. The van der Waals surface area contributed by atoms with Crippen LogP contribution in [0.1, 0.15) is 59.1 Å². The standard InChI is InChI=1S/C40H48N2O4/c1-29-37(5-3-7-39(29)45-27-33-13-9-31(10-14-33)25-41-35-17-21-43-22-18-35)38-6-4-8-40(30(38)2)46-28-34-15-11-32(12-16-34)26-42-36-19-23-44-24-20-36/h3-16,35-36,41-42H,17-28H2,1-2H3. The fourth-order valence-electron chi connectivity index (χ4n) is 6.28. The van der Waals surface area contributed by atoms with Crippen LogP contribution in [-0.2, 0) is 35.8 Å². The van der Waals surface area contributed by atoms with E-state index < -0.39 is 0 Å². The molecule has 4 aromatic carbocycles. The molecular weight excluding hydrogens is 572 g/mol. The number of rotatable bonds is 13. The van der Waals surface area contributed by atoms with Crippen LogP contribution < -0.4 is 20.1 Å². The minimum Gasteiger partial charge on any atom is -0.489 e. The lowest BCUT2D eigenvalue weighted by Gasteiger charge is -2.23. The van der Waals surface area contributed by atoms with Gasteiger partial charge in [0.15, 0.2) is 0 Å². The smallest absolute Gasteiger partial charge is 0.123 e. The number of ether oxygens (including phenoxy) is 4. The summed E-state index contributed by atoms with van der Waals surface area (Å²) in [4.78, 5) is 0. The lowest BCUT2D eigenvalue weighted by atomic mass is 9.95. The molecule has 2 saturated heterocycles. The first-order valence-electron chi connectivity index (χ1n) is 16.9. The molecule has 6 rings (SSSR count). The van der Waals surface area contributed by atoms with Crippen LogP contribution in [0.25, 0.3) is 11.1 Å². The first kappa shape index (κ1) is 32.3. The molecule has 4 aromatic rings. The van der Waals surface area contributed by atoms with E-state index in [9.17, 15) is 0 Å². The molecule has 2 N–H and O–H groups in total. The van der Waals surface area contributed by atoms with Gasteiger partial charge in [0, 0.05) is 51.6 Å². The van der Waals surface area contributed by atoms with E-state index >= 15 is 0 Å². The highest BCUT2D eigenvalue weighted by molar-refractivity contribution is 5.74. The summed E-state index contributed by atoms with van der Waals surface area (Å²) in [5.41, 5.74) is 9.50. The van der Waals surface area contributed by atoms with Crippen LogP contribution in [-0.4, -0.2) is 38.5 Å². The van der Waals surface area contributed by atoms with E-state index in [1.165, 1.54) is 11.1 Å². The van der Waals surface area contributed by atoms with Crippen molar-refractivity contribution in [3.05, 3.63) is 118 Å². The van der Waals surface area contributed by atoms with Gasteiger partial charge in [0.25, 0.3) is 0 Å². The van der Waals surface area contributed by atoms with E-state index in [-0.39, 0.29) is 0 Å². The first-order valence-corrected chi connectivity index (χ1v) is 16.9. The van der Waals surface area contributed by atoms with E-state index in [0.29, 0.717) is 25.3 Å². The van der Waals surface area contributed by atoms with Crippen molar-refractivity contribution in [2.45, 2.75) is 77.9 Å². The zero-order valence-electron chi connectivity index (χ0n) is 27.4. The van der Waals surface area contributed by atoms with Crippen LogP contribution in [0.4, 0.5) is 0 Å². The number of benzene rings is 4. The highest BCUT2D eigenvalue weighted by atomic mass is 16.5. The monoisotopic (exact) mass is 620 g/mol. The van der Waals surface area contributed by atoms with Crippen LogP contribution in [0.2, 0.25) is 0 Å². The van der Waals surface area contributed by atoms with Gasteiger partial charge < -0.3 is 29.6 Å². The van der Waals surface area contributed by atoms with Gasteiger partial charge in [0.1, 0.15) is 24.7 Å². The van der Waals surface area contributed by atoms with Crippen LogP contribution in [0, 0.1) is 13.8 Å². The van der Waals surface area contributed by atoms with Gasteiger partial charge >= 0.3 is 0 Å². The maximum atomic E-state index is 6.35. The Balaban J connectivity index is 1.03.